The summed E-state index contributed by atoms with van der Waals surface area (Å²) < 4.78 is 7.11. The van der Waals surface area contributed by atoms with E-state index in [1.54, 1.807) is 18.0 Å². The molecule has 0 aliphatic heterocycles. The number of carbonyl (C=O) groups excluding carboxylic acids is 1. The fourth-order valence-electron chi connectivity index (χ4n) is 3.04. The van der Waals surface area contributed by atoms with E-state index in [1.165, 1.54) is 0 Å². The number of methoxy groups -OCH3 is 1. The van der Waals surface area contributed by atoms with Crippen molar-refractivity contribution in [2.75, 3.05) is 34.3 Å². The summed E-state index contributed by atoms with van der Waals surface area (Å²) in [7, 11) is 5.58. The number of rotatable bonds is 7. The number of nitrogens with zero attached hydrogens (tertiary/aromatic N) is 3. The molecule has 0 atom stereocenters. The third kappa shape index (κ3) is 3.11. The molecule has 0 spiro atoms. The van der Waals surface area contributed by atoms with Gasteiger partial charge in [0.25, 0.3) is 0 Å². The molecule has 1 aromatic rings. The Kier molecular flexibility index (Phi) is 5.00. The molecule has 0 unspecified atom stereocenters. The predicted molar refractivity (Wildman–Crippen MR) is 81.6 cm³/mol. The molecule has 1 fully saturated rings. The normalized spacial score (nSPS) is 17.4. The maximum atomic E-state index is 13.1. The lowest BCUT2D eigenvalue weighted by molar-refractivity contribution is 0.0793. The molecular formula is C15H26N4O2. The molecule has 0 aromatic carbocycles. The molecule has 6 nitrogen and oxygen atoms in total. The van der Waals surface area contributed by atoms with Gasteiger partial charge in [0.15, 0.2) is 11.5 Å². The fourth-order valence-corrected chi connectivity index (χ4v) is 3.04. The van der Waals surface area contributed by atoms with Gasteiger partial charge in [0, 0.05) is 18.5 Å². The molecule has 1 saturated carbocycles. The molecule has 118 valence electrons. The van der Waals surface area contributed by atoms with E-state index in [9.17, 15) is 4.79 Å². The van der Waals surface area contributed by atoms with Crippen LogP contribution in [0.5, 0.6) is 5.75 Å². The molecule has 0 amide bonds. The molecule has 6 heteroatoms. The minimum absolute atomic E-state index is 0.0932. The number of Topliss-reactive ketones (excluding diaryl/α,β-unsaturated/α-hetero) is 1. The monoisotopic (exact) mass is 294 g/mol. The second kappa shape index (κ2) is 6.58. The number of hydrogen-bond acceptors (Lipinski definition) is 5. The minimum atomic E-state index is -0.427. The van der Waals surface area contributed by atoms with Crippen LogP contribution in [0.25, 0.3) is 0 Å². The molecule has 1 aromatic heterocycles. The Morgan fingerprint density at radius 3 is 2.67 bits per heavy atom. The van der Waals surface area contributed by atoms with Crippen LogP contribution < -0.4 is 10.5 Å². The molecule has 21 heavy (non-hydrogen) atoms. The lowest BCUT2D eigenvalue weighted by Gasteiger charge is -2.26. The molecule has 1 heterocycles. The van der Waals surface area contributed by atoms with Gasteiger partial charge in [0.1, 0.15) is 5.69 Å². The van der Waals surface area contributed by atoms with Crippen molar-refractivity contribution < 1.29 is 9.53 Å². The lowest BCUT2D eigenvalue weighted by Crippen LogP contribution is -2.38. The van der Waals surface area contributed by atoms with Gasteiger partial charge < -0.3 is 15.4 Å². The second-order valence-electron chi connectivity index (χ2n) is 6.11. The first-order valence-electron chi connectivity index (χ1n) is 7.53. The van der Waals surface area contributed by atoms with Gasteiger partial charge in [-0.2, -0.15) is 5.10 Å². The van der Waals surface area contributed by atoms with Crippen molar-refractivity contribution in [3.8, 4) is 5.75 Å². The van der Waals surface area contributed by atoms with Crippen LogP contribution in [0.3, 0.4) is 0 Å². The molecule has 0 bridgehead atoms. The number of aromatic nitrogens is 2. The second-order valence-corrected chi connectivity index (χ2v) is 6.11. The summed E-state index contributed by atoms with van der Waals surface area (Å²) in [4.78, 5) is 15.1. The summed E-state index contributed by atoms with van der Waals surface area (Å²) in [5, 5.41) is 4.32. The van der Waals surface area contributed by atoms with Crippen LogP contribution >= 0.6 is 0 Å². The molecule has 0 saturated heterocycles. The summed E-state index contributed by atoms with van der Waals surface area (Å²) in [5.74, 6) is 0.647. The zero-order valence-corrected chi connectivity index (χ0v) is 13.3. The zero-order valence-electron chi connectivity index (χ0n) is 13.3. The Labute approximate surface area is 126 Å². The van der Waals surface area contributed by atoms with Crippen LogP contribution in [0.2, 0.25) is 0 Å². The van der Waals surface area contributed by atoms with Crippen LogP contribution in [-0.2, 0) is 6.54 Å². The number of ketones is 1. The molecule has 0 radical (unpaired) electrons. The first-order chi connectivity index (χ1) is 10.0. The molecule has 1 aliphatic rings. The number of carbonyl (C=O) groups is 1. The van der Waals surface area contributed by atoms with Crippen LogP contribution in [0, 0.1) is 5.41 Å². The fraction of sp³-hybridized carbons (Fsp3) is 0.733. The zero-order chi connectivity index (χ0) is 15.5. The maximum absolute atomic E-state index is 13.1. The van der Waals surface area contributed by atoms with E-state index < -0.39 is 5.41 Å². The standard InChI is InChI=1S/C15H26N4O2/c1-18(2)8-9-19-13(12(21-3)10-17-19)14(20)15(11-16)6-4-5-7-15/h10H,4-9,11,16H2,1-3H3. The van der Waals surface area contributed by atoms with Gasteiger partial charge in [-0.1, -0.05) is 12.8 Å². The number of hydrogen-bond donors (Lipinski definition) is 1. The maximum Gasteiger partial charge on any atom is 0.192 e. The van der Waals surface area contributed by atoms with Crippen LogP contribution in [0.15, 0.2) is 6.20 Å². The van der Waals surface area contributed by atoms with Crippen molar-refractivity contribution in [2.24, 2.45) is 11.1 Å². The van der Waals surface area contributed by atoms with E-state index in [0.29, 0.717) is 24.5 Å². The van der Waals surface area contributed by atoms with Crippen molar-refractivity contribution in [2.45, 2.75) is 32.2 Å². The van der Waals surface area contributed by atoms with Gasteiger partial charge in [-0.05, 0) is 26.9 Å². The summed E-state index contributed by atoms with van der Waals surface area (Å²) >= 11 is 0. The van der Waals surface area contributed by atoms with Crippen LogP contribution in [0.4, 0.5) is 0 Å². The Balaban J connectivity index is 2.32. The van der Waals surface area contributed by atoms with Gasteiger partial charge in [0.2, 0.25) is 0 Å². The van der Waals surface area contributed by atoms with E-state index in [1.807, 2.05) is 14.1 Å². The van der Waals surface area contributed by atoms with Crippen LogP contribution in [-0.4, -0.2) is 54.8 Å². The topological polar surface area (TPSA) is 73.4 Å². The van der Waals surface area contributed by atoms with Crippen molar-refractivity contribution >= 4 is 5.78 Å². The highest BCUT2D eigenvalue weighted by Crippen LogP contribution is 2.41. The highest BCUT2D eigenvalue weighted by atomic mass is 16.5. The van der Waals surface area contributed by atoms with Gasteiger partial charge in [-0.15, -0.1) is 0 Å². The average molecular weight is 294 g/mol. The van der Waals surface area contributed by atoms with Crippen molar-refractivity contribution in [1.29, 1.82) is 0 Å². The largest absolute Gasteiger partial charge is 0.493 e. The third-order valence-corrected chi connectivity index (χ3v) is 4.43. The molecular weight excluding hydrogens is 268 g/mol. The summed E-state index contributed by atoms with van der Waals surface area (Å²) in [6.07, 6.45) is 5.49. The first kappa shape index (κ1) is 16.0. The number of nitrogens with two attached hydrogens (primary N) is 1. The highest BCUT2D eigenvalue weighted by Gasteiger charge is 2.42. The third-order valence-electron chi connectivity index (χ3n) is 4.43. The highest BCUT2D eigenvalue weighted by molar-refractivity contribution is 6.01. The Morgan fingerprint density at radius 1 is 1.48 bits per heavy atom. The average Bonchev–Trinajstić information content (AvgIpc) is 3.11. The molecule has 2 N–H and O–H groups in total. The lowest BCUT2D eigenvalue weighted by atomic mass is 9.80. The summed E-state index contributed by atoms with van der Waals surface area (Å²) in [6, 6.07) is 0. The number of likely N-dealkylation sites (N-methyl/N-ethyl adjacent to an activating group) is 1. The Morgan fingerprint density at radius 2 is 2.14 bits per heavy atom. The van der Waals surface area contributed by atoms with Crippen molar-refractivity contribution in [1.82, 2.24) is 14.7 Å². The quantitative estimate of drug-likeness (QED) is 0.764. The Bertz CT molecular complexity index is 490. The van der Waals surface area contributed by atoms with Gasteiger partial charge in [-0.25, -0.2) is 0 Å². The minimum Gasteiger partial charge on any atom is -0.493 e. The smallest absolute Gasteiger partial charge is 0.192 e. The van der Waals surface area contributed by atoms with Crippen LogP contribution in [0.1, 0.15) is 36.2 Å². The molecule has 2 rings (SSSR count). The Hall–Kier alpha value is -1.40. The van der Waals surface area contributed by atoms with Crippen molar-refractivity contribution in [3.63, 3.8) is 0 Å². The molecule has 1 aliphatic carbocycles. The van der Waals surface area contributed by atoms with E-state index in [4.69, 9.17) is 10.5 Å². The number of ether oxygens (including phenoxy) is 1. The summed E-state index contributed by atoms with van der Waals surface area (Å²) in [6.45, 7) is 1.88. The van der Waals surface area contributed by atoms with E-state index in [-0.39, 0.29) is 5.78 Å². The van der Waals surface area contributed by atoms with Gasteiger partial charge in [0.05, 0.1) is 19.9 Å². The van der Waals surface area contributed by atoms with E-state index >= 15 is 0 Å². The predicted octanol–water partition coefficient (Wildman–Crippen LogP) is 1.16. The van der Waals surface area contributed by atoms with Crippen molar-refractivity contribution in [3.05, 3.63) is 11.9 Å². The van der Waals surface area contributed by atoms with E-state index in [0.717, 1.165) is 32.2 Å². The summed E-state index contributed by atoms with van der Waals surface area (Å²) in [5.41, 5.74) is 6.09. The van der Waals surface area contributed by atoms with Gasteiger partial charge in [-0.3, -0.25) is 9.48 Å². The SMILES string of the molecule is COc1cnn(CCN(C)C)c1C(=O)C1(CN)CCCC1. The first-order valence-corrected chi connectivity index (χ1v) is 7.53. The van der Waals surface area contributed by atoms with Gasteiger partial charge >= 0.3 is 0 Å². The van der Waals surface area contributed by atoms with E-state index in [2.05, 4.69) is 10.00 Å².